The van der Waals surface area contributed by atoms with Gasteiger partial charge in [0.25, 0.3) is 5.91 Å². The largest absolute Gasteiger partial charge is 0.503 e. The van der Waals surface area contributed by atoms with Crippen molar-refractivity contribution < 1.29 is 38.1 Å². The second-order valence-corrected chi connectivity index (χ2v) is 9.55. The van der Waals surface area contributed by atoms with E-state index in [0.717, 1.165) is 13.1 Å². The van der Waals surface area contributed by atoms with Crippen molar-refractivity contribution >= 4 is 34.3 Å². The zero-order valence-electron chi connectivity index (χ0n) is 23.4. The molecule has 1 N–H and O–H groups in total. The van der Waals surface area contributed by atoms with Crippen molar-refractivity contribution in [1.82, 2.24) is 9.80 Å². The topological polar surface area (TPSA) is 111 Å². The Hall–Kier alpha value is -3.89. The predicted octanol–water partition coefficient (Wildman–Crippen LogP) is 5.04. The Morgan fingerprint density at radius 2 is 1.60 bits per heavy atom. The molecule has 10 nitrogen and oxygen atoms in total. The number of carbonyl (C=O) groups excluding carboxylic acids is 2. The maximum atomic E-state index is 14.0. The zero-order valence-corrected chi connectivity index (χ0v) is 24.1. The summed E-state index contributed by atoms with van der Waals surface area (Å²) in [6.07, 6.45) is 0. The molecule has 2 aromatic carbocycles. The summed E-state index contributed by atoms with van der Waals surface area (Å²) in [4.78, 5) is 31.1. The fraction of sp³-hybridized carbons (Fsp3) is 0.379. The Morgan fingerprint density at radius 1 is 0.975 bits per heavy atom. The van der Waals surface area contributed by atoms with E-state index < -0.39 is 23.5 Å². The first-order valence-corrected chi connectivity index (χ1v) is 13.2. The normalized spacial score (nSPS) is 15.3. The number of methoxy groups -OCH3 is 4. The monoisotopic (exact) mass is 572 g/mol. The van der Waals surface area contributed by atoms with Crippen LogP contribution in [0, 0.1) is 0 Å². The number of aliphatic hydroxyl groups is 1. The SMILES string of the molecule is CCN(CC)CCN1C(=O)C(O)=C(C(=O)c2cc3cc(Cl)cc(OC)c3o2)C1c1cc(OC)c(OC)c(OC)c1. The summed E-state index contributed by atoms with van der Waals surface area (Å²) < 4.78 is 27.8. The van der Waals surface area contributed by atoms with Crippen molar-refractivity contribution in [3.8, 4) is 23.0 Å². The molecule has 3 aromatic rings. The zero-order chi connectivity index (χ0) is 29.1. The average Bonchev–Trinajstić information content (AvgIpc) is 3.50. The summed E-state index contributed by atoms with van der Waals surface area (Å²) in [5.41, 5.74) is 0.692. The number of ketones is 1. The Morgan fingerprint density at radius 3 is 2.15 bits per heavy atom. The van der Waals surface area contributed by atoms with Gasteiger partial charge in [0.2, 0.25) is 11.5 Å². The third-order valence-electron chi connectivity index (χ3n) is 7.09. The molecular weight excluding hydrogens is 540 g/mol. The highest BCUT2D eigenvalue weighted by molar-refractivity contribution is 6.31. The van der Waals surface area contributed by atoms with Gasteiger partial charge in [-0.1, -0.05) is 25.4 Å². The molecule has 1 amide bonds. The van der Waals surface area contributed by atoms with Crippen molar-refractivity contribution in [3.05, 3.63) is 58.0 Å². The van der Waals surface area contributed by atoms with E-state index in [1.807, 2.05) is 13.8 Å². The molecule has 4 rings (SSSR count). The number of halogens is 1. The van der Waals surface area contributed by atoms with Gasteiger partial charge in [-0.3, -0.25) is 9.59 Å². The standard InChI is InChI=1S/C29H33ClN2O8/c1-7-31(8-2)9-10-32-24(16-12-20(36-3)28(39-6)21(13-16)37-4)23(26(34)29(32)35)25(33)19-14-17-11-18(30)15-22(38-5)27(17)40-19/h11-15,24,34H,7-10H2,1-6H3. The van der Waals surface area contributed by atoms with E-state index in [2.05, 4.69) is 4.90 Å². The lowest BCUT2D eigenvalue weighted by Gasteiger charge is -2.30. The molecule has 0 radical (unpaired) electrons. The van der Waals surface area contributed by atoms with Crippen molar-refractivity contribution in [2.24, 2.45) is 0 Å². The van der Waals surface area contributed by atoms with Crippen molar-refractivity contribution in [3.63, 3.8) is 0 Å². The molecule has 1 aromatic heterocycles. The summed E-state index contributed by atoms with van der Waals surface area (Å²) >= 11 is 6.20. The third kappa shape index (κ3) is 5.16. The molecule has 1 unspecified atom stereocenters. The first-order valence-electron chi connectivity index (χ1n) is 12.8. The first kappa shape index (κ1) is 29.1. The lowest BCUT2D eigenvalue weighted by Crippen LogP contribution is -2.38. The van der Waals surface area contributed by atoms with Gasteiger partial charge in [-0.25, -0.2) is 0 Å². The number of aliphatic hydroxyl groups excluding tert-OH is 1. The number of furan rings is 1. The van der Waals surface area contributed by atoms with E-state index in [9.17, 15) is 14.7 Å². The minimum atomic E-state index is -0.956. The van der Waals surface area contributed by atoms with Gasteiger partial charge in [0.05, 0.1) is 40.1 Å². The molecule has 0 aliphatic carbocycles. The molecule has 0 bridgehead atoms. The summed E-state index contributed by atoms with van der Waals surface area (Å²) in [6.45, 7) is 6.41. The van der Waals surface area contributed by atoms with Crippen LogP contribution < -0.4 is 18.9 Å². The van der Waals surface area contributed by atoms with Crippen LogP contribution in [0.5, 0.6) is 23.0 Å². The molecule has 0 saturated heterocycles. The summed E-state index contributed by atoms with van der Waals surface area (Å²) in [5, 5.41) is 12.1. The highest BCUT2D eigenvalue weighted by Crippen LogP contribution is 2.46. The van der Waals surface area contributed by atoms with Crippen LogP contribution in [0.15, 0.2) is 46.1 Å². The summed E-state index contributed by atoms with van der Waals surface area (Å²) in [6, 6.07) is 7.10. The molecule has 40 heavy (non-hydrogen) atoms. The van der Waals surface area contributed by atoms with E-state index >= 15 is 0 Å². The Balaban J connectivity index is 1.87. The van der Waals surface area contributed by atoms with Crippen LogP contribution in [-0.4, -0.2) is 81.2 Å². The highest BCUT2D eigenvalue weighted by Gasteiger charge is 2.45. The van der Waals surface area contributed by atoms with E-state index in [-0.39, 0.29) is 17.9 Å². The van der Waals surface area contributed by atoms with E-state index in [4.69, 9.17) is 35.0 Å². The minimum absolute atomic E-state index is 0.0760. The van der Waals surface area contributed by atoms with Gasteiger partial charge < -0.3 is 38.3 Å². The maximum Gasteiger partial charge on any atom is 0.290 e. The molecular formula is C29H33ClN2O8. The predicted molar refractivity (Wildman–Crippen MR) is 150 cm³/mol. The van der Waals surface area contributed by atoms with E-state index in [1.54, 1.807) is 24.3 Å². The number of amides is 1. The fourth-order valence-electron chi connectivity index (χ4n) is 4.99. The number of likely N-dealkylation sites (N-methyl/N-ethyl adjacent to an activating group) is 1. The number of hydrogen-bond donors (Lipinski definition) is 1. The first-order chi connectivity index (χ1) is 19.2. The number of carbonyl (C=O) groups is 2. The number of ether oxygens (including phenoxy) is 4. The minimum Gasteiger partial charge on any atom is -0.503 e. The number of fused-ring (bicyclic) bond motifs is 1. The molecule has 1 aliphatic rings. The lowest BCUT2D eigenvalue weighted by molar-refractivity contribution is -0.129. The number of rotatable bonds is 12. The molecule has 0 fully saturated rings. The fourth-order valence-corrected chi connectivity index (χ4v) is 5.21. The average molecular weight is 573 g/mol. The number of Topliss-reactive ketones (excluding diaryl/α,β-unsaturated/α-hetero) is 1. The maximum absolute atomic E-state index is 14.0. The van der Waals surface area contributed by atoms with Crippen LogP contribution in [0.2, 0.25) is 5.02 Å². The van der Waals surface area contributed by atoms with Crippen molar-refractivity contribution in [2.75, 3.05) is 54.6 Å². The van der Waals surface area contributed by atoms with Crippen molar-refractivity contribution in [1.29, 1.82) is 0 Å². The molecule has 11 heteroatoms. The van der Waals surface area contributed by atoms with Crippen LogP contribution in [-0.2, 0) is 4.79 Å². The number of benzene rings is 2. The Kier molecular flexibility index (Phi) is 8.80. The Labute approximate surface area is 237 Å². The third-order valence-corrected chi connectivity index (χ3v) is 7.31. The van der Waals surface area contributed by atoms with Gasteiger partial charge in [0.1, 0.15) is 0 Å². The van der Waals surface area contributed by atoms with E-state index in [0.29, 0.717) is 51.1 Å². The van der Waals surface area contributed by atoms with Gasteiger partial charge in [-0.2, -0.15) is 0 Å². The van der Waals surface area contributed by atoms with Gasteiger partial charge in [0.15, 0.2) is 34.4 Å². The summed E-state index contributed by atoms with van der Waals surface area (Å²) in [7, 11) is 5.91. The van der Waals surface area contributed by atoms with Gasteiger partial charge in [-0.15, -0.1) is 0 Å². The number of hydrogen-bond acceptors (Lipinski definition) is 9. The molecule has 0 saturated carbocycles. The number of nitrogens with zero attached hydrogens (tertiary/aromatic N) is 2. The smallest absolute Gasteiger partial charge is 0.290 e. The summed E-state index contributed by atoms with van der Waals surface area (Å²) in [5.74, 6) is -0.639. The van der Waals surface area contributed by atoms with Gasteiger partial charge in [-0.05, 0) is 42.9 Å². The second kappa shape index (κ2) is 12.1. The molecule has 2 heterocycles. The highest BCUT2D eigenvalue weighted by atomic mass is 35.5. The molecule has 1 aliphatic heterocycles. The van der Waals surface area contributed by atoms with E-state index in [1.165, 1.54) is 39.4 Å². The Bertz CT molecular complexity index is 1430. The van der Waals surface area contributed by atoms with Crippen LogP contribution >= 0.6 is 11.6 Å². The van der Waals surface area contributed by atoms with Crippen LogP contribution in [0.25, 0.3) is 11.0 Å². The van der Waals surface area contributed by atoms with Gasteiger partial charge >= 0.3 is 0 Å². The van der Waals surface area contributed by atoms with Gasteiger partial charge in [0, 0.05) is 29.6 Å². The van der Waals surface area contributed by atoms with Crippen LogP contribution in [0.4, 0.5) is 0 Å². The van der Waals surface area contributed by atoms with Crippen molar-refractivity contribution in [2.45, 2.75) is 19.9 Å². The molecule has 214 valence electrons. The lowest BCUT2D eigenvalue weighted by atomic mass is 9.94. The molecule has 1 atom stereocenters. The van der Waals surface area contributed by atoms with Crippen LogP contribution in [0.3, 0.4) is 0 Å². The van der Waals surface area contributed by atoms with Crippen LogP contribution in [0.1, 0.15) is 36.0 Å². The second-order valence-electron chi connectivity index (χ2n) is 9.12. The molecule has 0 spiro atoms. The quantitative estimate of drug-likeness (QED) is 0.298.